The van der Waals surface area contributed by atoms with Crippen LogP contribution >= 0.6 is 0 Å². The zero-order valence-electron chi connectivity index (χ0n) is 16.8. The molecule has 2 aliphatic rings. The van der Waals surface area contributed by atoms with Gasteiger partial charge in [0.2, 0.25) is 11.8 Å². The summed E-state index contributed by atoms with van der Waals surface area (Å²) in [6, 6.07) is 5.23. The van der Waals surface area contributed by atoms with Gasteiger partial charge in [0.15, 0.2) is 0 Å². The number of carbonyl (C=O) groups is 3. The van der Waals surface area contributed by atoms with Crippen LogP contribution in [0.25, 0.3) is 0 Å². The molecule has 1 N–H and O–H groups in total. The van der Waals surface area contributed by atoms with E-state index in [9.17, 15) is 14.4 Å². The van der Waals surface area contributed by atoms with Gasteiger partial charge in [-0.25, -0.2) is 0 Å². The van der Waals surface area contributed by atoms with Crippen LogP contribution in [0, 0.1) is 12.3 Å². The van der Waals surface area contributed by atoms with Gasteiger partial charge in [0.25, 0.3) is 5.91 Å². The van der Waals surface area contributed by atoms with Crippen LogP contribution in [0.5, 0.6) is 0 Å². The number of terminal acetylenes is 1. The van der Waals surface area contributed by atoms with Crippen LogP contribution in [0.3, 0.4) is 0 Å². The number of nitrogens with one attached hydrogen (secondary N) is 1. The molecule has 7 nitrogen and oxygen atoms in total. The van der Waals surface area contributed by atoms with Crippen LogP contribution in [-0.4, -0.2) is 38.4 Å². The van der Waals surface area contributed by atoms with E-state index in [-0.39, 0.29) is 24.1 Å². The highest BCUT2D eigenvalue weighted by atomic mass is 16.2. The molecule has 7 heteroatoms. The number of aryl methyl sites for hydroxylation is 2. The molecule has 154 valence electrons. The minimum atomic E-state index is -0.572. The van der Waals surface area contributed by atoms with Crippen LogP contribution in [0.4, 0.5) is 0 Å². The zero-order chi connectivity index (χ0) is 21.1. The Morgan fingerprint density at radius 3 is 2.83 bits per heavy atom. The Kier molecular flexibility index (Phi) is 5.66. The molecule has 1 saturated heterocycles. The molecular weight excluding hydrogens is 380 g/mol. The van der Waals surface area contributed by atoms with E-state index in [1.54, 1.807) is 11.1 Å². The van der Waals surface area contributed by atoms with Crippen LogP contribution in [0.2, 0.25) is 0 Å². The molecule has 1 aromatic heterocycles. The van der Waals surface area contributed by atoms with Crippen molar-refractivity contribution in [3.63, 3.8) is 0 Å². The van der Waals surface area contributed by atoms with Gasteiger partial charge in [-0.1, -0.05) is 24.5 Å². The standard InChI is InChI=1S/C23H24N4O3/c1-2-16-13-24-26(14-16)12-5-3-4-7-17-8-6-9-18-19(17)15-27(23(18)30)20-10-11-21(28)25-22(20)29/h1,6,8-9,13-14,20H,3-5,7,10-12,15H2,(H,25,28,29). The lowest BCUT2D eigenvalue weighted by Crippen LogP contribution is -2.52. The minimum absolute atomic E-state index is 0.121. The Labute approximate surface area is 175 Å². The van der Waals surface area contributed by atoms with Crippen molar-refractivity contribution >= 4 is 17.7 Å². The van der Waals surface area contributed by atoms with E-state index in [1.165, 1.54) is 0 Å². The fourth-order valence-electron chi connectivity index (χ4n) is 4.21. The molecule has 0 bridgehead atoms. The summed E-state index contributed by atoms with van der Waals surface area (Å²) in [7, 11) is 0. The molecule has 1 fully saturated rings. The van der Waals surface area contributed by atoms with Crippen molar-refractivity contribution in [2.75, 3.05) is 0 Å². The van der Waals surface area contributed by atoms with Gasteiger partial charge in [-0.15, -0.1) is 6.42 Å². The number of fused-ring (bicyclic) bond motifs is 1. The molecule has 2 aromatic rings. The van der Waals surface area contributed by atoms with Gasteiger partial charge < -0.3 is 4.90 Å². The van der Waals surface area contributed by atoms with Gasteiger partial charge in [0, 0.05) is 31.3 Å². The molecular formula is C23H24N4O3. The highest BCUT2D eigenvalue weighted by molar-refractivity contribution is 6.05. The molecule has 0 saturated carbocycles. The molecule has 1 unspecified atom stereocenters. The number of hydrogen-bond donors (Lipinski definition) is 1. The number of imide groups is 1. The number of rotatable bonds is 7. The van der Waals surface area contributed by atoms with Crippen molar-refractivity contribution in [1.82, 2.24) is 20.0 Å². The van der Waals surface area contributed by atoms with Crippen molar-refractivity contribution in [3.8, 4) is 12.3 Å². The van der Waals surface area contributed by atoms with Gasteiger partial charge in [0.05, 0.1) is 11.8 Å². The molecule has 30 heavy (non-hydrogen) atoms. The summed E-state index contributed by atoms with van der Waals surface area (Å²) in [6.45, 7) is 1.26. The second-order valence-corrected chi connectivity index (χ2v) is 7.79. The summed E-state index contributed by atoms with van der Waals surface area (Å²) in [4.78, 5) is 38.1. The fourth-order valence-corrected chi connectivity index (χ4v) is 4.21. The number of amides is 3. The van der Waals surface area contributed by atoms with Crippen LogP contribution < -0.4 is 5.32 Å². The Balaban J connectivity index is 1.34. The summed E-state index contributed by atoms with van der Waals surface area (Å²) < 4.78 is 1.87. The van der Waals surface area contributed by atoms with E-state index in [2.05, 4.69) is 22.4 Å². The Hall–Kier alpha value is -3.40. The highest BCUT2D eigenvalue weighted by Gasteiger charge is 2.39. The predicted octanol–water partition coefficient (Wildman–Crippen LogP) is 2.04. The summed E-state index contributed by atoms with van der Waals surface area (Å²) in [5.74, 6) is 1.81. The fraction of sp³-hybridized carbons (Fsp3) is 0.391. The maximum atomic E-state index is 12.9. The second kappa shape index (κ2) is 8.54. The summed E-state index contributed by atoms with van der Waals surface area (Å²) in [5, 5.41) is 6.58. The van der Waals surface area contributed by atoms with Gasteiger partial charge >= 0.3 is 0 Å². The summed E-state index contributed by atoms with van der Waals surface area (Å²) in [6.07, 6.45) is 13.5. The minimum Gasteiger partial charge on any atom is -0.322 e. The van der Waals surface area contributed by atoms with E-state index in [0.717, 1.165) is 48.9 Å². The van der Waals surface area contributed by atoms with Crippen molar-refractivity contribution in [2.24, 2.45) is 0 Å². The van der Waals surface area contributed by atoms with E-state index in [1.807, 2.05) is 23.0 Å². The predicted molar refractivity (Wildman–Crippen MR) is 110 cm³/mol. The molecule has 3 amide bonds. The largest absolute Gasteiger partial charge is 0.322 e. The van der Waals surface area contributed by atoms with Crippen molar-refractivity contribution < 1.29 is 14.4 Å². The average Bonchev–Trinajstić information content (AvgIpc) is 3.33. The third-order valence-electron chi connectivity index (χ3n) is 5.81. The quantitative estimate of drug-likeness (QED) is 0.435. The first-order valence-electron chi connectivity index (χ1n) is 10.3. The molecule has 0 spiro atoms. The number of unbranched alkanes of at least 4 members (excludes halogenated alkanes) is 2. The lowest BCUT2D eigenvalue weighted by atomic mass is 9.98. The van der Waals surface area contributed by atoms with Crippen LogP contribution in [-0.2, 0) is 29.1 Å². The summed E-state index contributed by atoms with van der Waals surface area (Å²) >= 11 is 0. The zero-order valence-corrected chi connectivity index (χ0v) is 16.8. The first-order valence-corrected chi connectivity index (χ1v) is 10.3. The van der Waals surface area contributed by atoms with Crippen LogP contribution in [0.1, 0.15) is 59.2 Å². The number of aromatic nitrogens is 2. The van der Waals surface area contributed by atoms with Crippen molar-refractivity contribution in [1.29, 1.82) is 0 Å². The number of nitrogens with zero attached hydrogens (tertiary/aromatic N) is 3. The normalized spacial score (nSPS) is 18.3. The van der Waals surface area contributed by atoms with E-state index in [4.69, 9.17) is 6.42 Å². The number of benzene rings is 1. The maximum absolute atomic E-state index is 12.9. The topological polar surface area (TPSA) is 84.3 Å². The van der Waals surface area contributed by atoms with Crippen LogP contribution in [0.15, 0.2) is 30.6 Å². The maximum Gasteiger partial charge on any atom is 0.255 e. The van der Waals surface area contributed by atoms with Gasteiger partial charge in [-0.2, -0.15) is 5.10 Å². The van der Waals surface area contributed by atoms with E-state index >= 15 is 0 Å². The Morgan fingerprint density at radius 2 is 2.07 bits per heavy atom. The third-order valence-corrected chi connectivity index (χ3v) is 5.81. The molecule has 0 radical (unpaired) electrons. The number of hydrogen-bond acceptors (Lipinski definition) is 4. The SMILES string of the molecule is C#Cc1cnn(CCCCCc2cccc3c2CN(C2CCC(=O)NC2=O)C3=O)c1. The smallest absolute Gasteiger partial charge is 0.255 e. The molecule has 3 heterocycles. The lowest BCUT2D eigenvalue weighted by Gasteiger charge is -2.29. The number of carbonyl (C=O) groups excluding carboxylic acids is 3. The Morgan fingerprint density at radius 1 is 1.20 bits per heavy atom. The average molecular weight is 404 g/mol. The Bertz CT molecular complexity index is 1030. The molecule has 4 rings (SSSR count). The number of piperidine rings is 1. The van der Waals surface area contributed by atoms with Gasteiger partial charge in [-0.05, 0) is 42.9 Å². The molecule has 1 aromatic carbocycles. The highest BCUT2D eigenvalue weighted by Crippen LogP contribution is 2.30. The monoisotopic (exact) mass is 404 g/mol. The first kappa shape index (κ1) is 19.9. The van der Waals surface area contributed by atoms with Gasteiger partial charge in [0.1, 0.15) is 6.04 Å². The lowest BCUT2D eigenvalue weighted by molar-refractivity contribution is -0.136. The van der Waals surface area contributed by atoms with Crippen molar-refractivity contribution in [2.45, 2.75) is 57.7 Å². The summed E-state index contributed by atoms with van der Waals surface area (Å²) in [5.41, 5.74) is 3.64. The van der Waals surface area contributed by atoms with E-state index in [0.29, 0.717) is 18.5 Å². The molecule has 1 atom stereocenters. The first-order chi connectivity index (χ1) is 14.6. The van der Waals surface area contributed by atoms with E-state index < -0.39 is 6.04 Å². The molecule has 2 aliphatic heterocycles. The third kappa shape index (κ3) is 3.99. The van der Waals surface area contributed by atoms with Gasteiger partial charge in [-0.3, -0.25) is 24.4 Å². The second-order valence-electron chi connectivity index (χ2n) is 7.79. The van der Waals surface area contributed by atoms with Crippen molar-refractivity contribution in [3.05, 3.63) is 52.8 Å². The molecule has 0 aliphatic carbocycles.